The van der Waals surface area contributed by atoms with E-state index in [4.69, 9.17) is 19.3 Å². The van der Waals surface area contributed by atoms with Crippen LogP contribution in [0.2, 0.25) is 0 Å². The molecule has 46 heavy (non-hydrogen) atoms. The van der Waals surface area contributed by atoms with Crippen LogP contribution in [0.1, 0.15) is 117 Å². The zero-order valence-corrected chi connectivity index (χ0v) is 30.3. The Kier molecular flexibility index (Phi) is 19.3. The Labute approximate surface area is 279 Å². The number of ether oxygens (including phenoxy) is 3. The molecule has 6 heteroatoms. The third-order valence-corrected chi connectivity index (χ3v) is 8.43. The van der Waals surface area contributed by atoms with Gasteiger partial charge in [0.05, 0.1) is 21.3 Å². The Bertz CT molecular complexity index is 1290. The molecule has 0 aliphatic carbocycles. The number of allylic oxidation sites excluding steroid dienone is 11. The van der Waals surface area contributed by atoms with Crippen molar-refractivity contribution in [2.24, 2.45) is 0 Å². The molecule has 0 spiro atoms. The Balaban J connectivity index is 2.47. The van der Waals surface area contributed by atoms with Crippen molar-refractivity contribution in [1.82, 2.24) is 0 Å². The lowest BCUT2D eigenvalue weighted by Crippen LogP contribution is -2.01. The number of phenols is 1. The second kappa shape index (κ2) is 22.0. The summed E-state index contributed by atoms with van der Waals surface area (Å²) in [7, 11) is 4.65. The number of carboxylic acids is 1. The highest BCUT2D eigenvalue weighted by Gasteiger charge is 2.23. The molecule has 0 unspecified atom stereocenters. The van der Waals surface area contributed by atoms with Crippen molar-refractivity contribution in [3.05, 3.63) is 81.0 Å². The van der Waals surface area contributed by atoms with E-state index in [1.165, 1.54) is 42.1 Å². The van der Waals surface area contributed by atoms with Crippen LogP contribution >= 0.6 is 0 Å². The molecule has 0 bridgehead atoms. The highest BCUT2D eigenvalue weighted by atomic mass is 16.5. The number of aromatic hydroxyl groups is 1. The molecule has 1 aromatic carbocycles. The van der Waals surface area contributed by atoms with Gasteiger partial charge in [0.1, 0.15) is 0 Å². The summed E-state index contributed by atoms with van der Waals surface area (Å²) >= 11 is 0. The minimum absolute atomic E-state index is 0.0994. The molecule has 1 rings (SSSR count). The molecule has 6 nitrogen and oxygen atoms in total. The number of hydrogen-bond acceptors (Lipinski definition) is 5. The van der Waals surface area contributed by atoms with Crippen LogP contribution < -0.4 is 14.2 Å². The summed E-state index contributed by atoms with van der Waals surface area (Å²) in [5.41, 5.74) is 8.94. The molecule has 0 saturated carbocycles. The second-order valence-electron chi connectivity index (χ2n) is 12.4. The van der Waals surface area contributed by atoms with Crippen LogP contribution in [-0.4, -0.2) is 37.5 Å². The predicted molar refractivity (Wildman–Crippen MR) is 193 cm³/mol. The van der Waals surface area contributed by atoms with Crippen molar-refractivity contribution in [3.63, 3.8) is 0 Å². The minimum atomic E-state index is -0.837. The van der Waals surface area contributed by atoms with Crippen LogP contribution in [0.15, 0.2) is 69.9 Å². The van der Waals surface area contributed by atoms with E-state index in [0.29, 0.717) is 29.2 Å². The number of rotatable bonds is 21. The van der Waals surface area contributed by atoms with Gasteiger partial charge in [-0.15, -0.1) is 0 Å². The smallest absolute Gasteiger partial charge is 0.330 e. The topological polar surface area (TPSA) is 85.2 Å². The molecule has 0 saturated heterocycles. The first-order valence-electron chi connectivity index (χ1n) is 16.5. The third kappa shape index (κ3) is 14.6. The number of carboxylic acid groups (broad SMARTS) is 1. The fourth-order valence-corrected chi connectivity index (χ4v) is 5.28. The SMILES string of the molecule is COc1c(C)c(C/C=C(\C)CC/C=C(\C)CC/C=C(\C)CC/C=C(\C)CC/C=C(\C)CC/C=C(/C)C(=O)O)c(O)c(OC)c1OC. The summed E-state index contributed by atoms with van der Waals surface area (Å²) in [5.74, 6) is 0.552. The van der Waals surface area contributed by atoms with E-state index < -0.39 is 5.97 Å². The number of hydrogen-bond donors (Lipinski definition) is 2. The monoisotopic (exact) mass is 636 g/mol. The van der Waals surface area contributed by atoms with Gasteiger partial charge >= 0.3 is 5.97 Å². The third-order valence-electron chi connectivity index (χ3n) is 8.43. The fourth-order valence-electron chi connectivity index (χ4n) is 5.28. The molecular weight excluding hydrogens is 576 g/mol. The van der Waals surface area contributed by atoms with Crippen LogP contribution in [0.4, 0.5) is 0 Å². The summed E-state index contributed by atoms with van der Waals surface area (Å²) in [6.07, 6.45) is 24.0. The van der Waals surface area contributed by atoms with Crippen LogP contribution in [0.5, 0.6) is 23.0 Å². The molecule has 0 atom stereocenters. The molecule has 2 N–H and O–H groups in total. The summed E-state index contributed by atoms with van der Waals surface area (Å²) in [4.78, 5) is 10.9. The van der Waals surface area contributed by atoms with Crippen LogP contribution in [0, 0.1) is 6.92 Å². The molecule has 0 radical (unpaired) electrons. The van der Waals surface area contributed by atoms with E-state index in [0.717, 1.165) is 75.3 Å². The molecule has 0 heterocycles. The van der Waals surface area contributed by atoms with Crippen LogP contribution in [0.3, 0.4) is 0 Å². The molecule has 0 aromatic heterocycles. The van der Waals surface area contributed by atoms with Crippen molar-refractivity contribution < 1.29 is 29.2 Å². The van der Waals surface area contributed by atoms with Gasteiger partial charge in [-0.3, -0.25) is 0 Å². The minimum Gasteiger partial charge on any atom is -0.504 e. The van der Waals surface area contributed by atoms with Gasteiger partial charge in [-0.1, -0.05) is 64.3 Å². The second-order valence-corrected chi connectivity index (χ2v) is 12.4. The van der Waals surface area contributed by atoms with E-state index in [1.54, 1.807) is 20.1 Å². The largest absolute Gasteiger partial charge is 0.504 e. The average Bonchev–Trinajstić information content (AvgIpc) is 3.00. The standard InChI is InChI=1S/C40H60O6/c1-28(16-11-17-29(2)20-13-21-31(4)24-15-25-33(6)40(42)43)18-12-19-30(3)22-14-23-32(5)26-27-35-34(7)37(44-8)39(46-10)38(45-9)36(35)41/h17-18,21-22,25-26,41H,11-16,19-20,23-24,27H2,1-10H3,(H,42,43)/b28-18+,29-17+,30-22+,31-21+,32-26+,33-25-. The number of phenolic OH excluding ortho intramolecular Hbond substituents is 1. The first-order chi connectivity index (χ1) is 21.9. The Hall–Kier alpha value is -3.67. The van der Waals surface area contributed by atoms with E-state index >= 15 is 0 Å². The fraction of sp³-hybridized carbons (Fsp3) is 0.525. The van der Waals surface area contributed by atoms with Gasteiger partial charge in [-0.2, -0.15) is 0 Å². The molecule has 0 fully saturated rings. The van der Waals surface area contributed by atoms with Crippen molar-refractivity contribution >= 4 is 5.97 Å². The zero-order valence-electron chi connectivity index (χ0n) is 30.3. The van der Waals surface area contributed by atoms with E-state index in [2.05, 4.69) is 65.0 Å². The van der Waals surface area contributed by atoms with Gasteiger partial charge in [0.2, 0.25) is 11.5 Å². The van der Waals surface area contributed by atoms with E-state index in [9.17, 15) is 9.90 Å². The van der Waals surface area contributed by atoms with Gasteiger partial charge in [-0.05, 0) is 119 Å². The molecule has 0 amide bonds. The average molecular weight is 637 g/mol. The van der Waals surface area contributed by atoms with Crippen LogP contribution in [-0.2, 0) is 11.2 Å². The van der Waals surface area contributed by atoms with Crippen molar-refractivity contribution in [2.45, 2.75) is 119 Å². The molecule has 256 valence electrons. The highest BCUT2D eigenvalue weighted by molar-refractivity contribution is 5.85. The first-order valence-corrected chi connectivity index (χ1v) is 16.5. The summed E-state index contributed by atoms with van der Waals surface area (Å²) in [6, 6.07) is 0. The van der Waals surface area contributed by atoms with Gasteiger partial charge in [0.25, 0.3) is 0 Å². The Morgan fingerprint density at radius 3 is 1.26 bits per heavy atom. The molecular formula is C40H60O6. The van der Waals surface area contributed by atoms with Gasteiger partial charge in [-0.25, -0.2) is 4.79 Å². The molecule has 0 aliphatic heterocycles. The normalized spacial score (nSPS) is 13.7. The van der Waals surface area contributed by atoms with E-state index in [1.807, 2.05) is 6.92 Å². The highest BCUT2D eigenvalue weighted by Crippen LogP contribution is 2.49. The Morgan fingerprint density at radius 1 is 0.565 bits per heavy atom. The lowest BCUT2D eigenvalue weighted by molar-refractivity contribution is -0.132. The molecule has 1 aromatic rings. The number of carbonyl (C=O) groups is 1. The van der Waals surface area contributed by atoms with Gasteiger partial charge in [0, 0.05) is 16.7 Å². The lowest BCUT2D eigenvalue weighted by atomic mass is 9.99. The maximum atomic E-state index is 10.9. The molecule has 0 aliphatic rings. The number of methoxy groups -OCH3 is 3. The summed E-state index contributed by atoms with van der Waals surface area (Å²) < 4.78 is 16.4. The van der Waals surface area contributed by atoms with Crippen LogP contribution in [0.25, 0.3) is 0 Å². The van der Waals surface area contributed by atoms with Gasteiger partial charge in [0.15, 0.2) is 11.5 Å². The maximum Gasteiger partial charge on any atom is 0.330 e. The first kappa shape index (κ1) is 40.4. The Morgan fingerprint density at radius 2 is 0.913 bits per heavy atom. The summed E-state index contributed by atoms with van der Waals surface area (Å²) in [6.45, 7) is 14.5. The van der Waals surface area contributed by atoms with Crippen molar-refractivity contribution in [2.75, 3.05) is 21.3 Å². The van der Waals surface area contributed by atoms with E-state index in [-0.39, 0.29) is 5.75 Å². The maximum absolute atomic E-state index is 10.9. The number of benzene rings is 1. The van der Waals surface area contributed by atoms with Crippen molar-refractivity contribution in [1.29, 1.82) is 0 Å². The van der Waals surface area contributed by atoms with Gasteiger partial charge < -0.3 is 24.4 Å². The predicted octanol–water partition coefficient (Wildman–Crippen LogP) is 10.9. The lowest BCUT2D eigenvalue weighted by Gasteiger charge is -2.19. The quantitative estimate of drug-likeness (QED) is 0.103. The summed E-state index contributed by atoms with van der Waals surface area (Å²) in [5, 5.41) is 19.8. The number of aliphatic carboxylic acids is 1. The van der Waals surface area contributed by atoms with Crippen molar-refractivity contribution in [3.8, 4) is 23.0 Å². The zero-order chi connectivity index (χ0) is 34.6.